The van der Waals surface area contributed by atoms with E-state index in [-0.39, 0.29) is 5.41 Å². The fourth-order valence-electron chi connectivity index (χ4n) is 2.58. The minimum absolute atomic E-state index is 0.166. The van der Waals surface area contributed by atoms with E-state index in [4.69, 9.17) is 10.5 Å². The Morgan fingerprint density at radius 1 is 1.29 bits per heavy atom. The van der Waals surface area contributed by atoms with E-state index in [1.807, 2.05) is 0 Å². The lowest BCUT2D eigenvalue weighted by Crippen LogP contribution is -2.53. The third kappa shape index (κ3) is 2.24. The number of hydrogen-bond acceptors (Lipinski definition) is 2. The van der Waals surface area contributed by atoms with Crippen LogP contribution in [0.4, 0.5) is 0 Å². The molecule has 2 N–H and O–H groups in total. The zero-order chi connectivity index (χ0) is 12.3. The Kier molecular flexibility index (Phi) is 3.85. The highest BCUT2D eigenvalue weighted by Gasteiger charge is 2.44. The molecular formula is C15H23NO. The van der Waals surface area contributed by atoms with E-state index in [0.29, 0.717) is 5.92 Å². The molecule has 2 rings (SSSR count). The monoisotopic (exact) mass is 233 g/mol. The molecule has 1 aliphatic rings. The van der Waals surface area contributed by atoms with Crippen LogP contribution < -0.4 is 5.73 Å². The molecule has 1 unspecified atom stereocenters. The average molecular weight is 233 g/mol. The van der Waals surface area contributed by atoms with E-state index in [2.05, 4.69) is 38.1 Å². The van der Waals surface area contributed by atoms with Gasteiger partial charge in [0.15, 0.2) is 0 Å². The Morgan fingerprint density at radius 3 is 2.35 bits per heavy atom. The molecule has 1 heterocycles. The number of hydrogen-bond donors (Lipinski definition) is 1. The second-order valence-electron chi connectivity index (χ2n) is 5.23. The summed E-state index contributed by atoms with van der Waals surface area (Å²) in [5.74, 6) is 0.480. The van der Waals surface area contributed by atoms with Gasteiger partial charge in [-0.25, -0.2) is 0 Å². The largest absolute Gasteiger partial charge is 0.379 e. The van der Waals surface area contributed by atoms with Crippen molar-refractivity contribution < 1.29 is 4.74 Å². The first-order valence-electron chi connectivity index (χ1n) is 6.60. The van der Waals surface area contributed by atoms with Gasteiger partial charge in [0.2, 0.25) is 0 Å². The van der Waals surface area contributed by atoms with Crippen LogP contribution in [-0.4, -0.2) is 19.8 Å². The van der Waals surface area contributed by atoms with Gasteiger partial charge in [0.1, 0.15) is 0 Å². The molecule has 1 aromatic carbocycles. The van der Waals surface area contributed by atoms with E-state index in [9.17, 15) is 0 Å². The predicted octanol–water partition coefficient (Wildman–Crippen LogP) is 2.50. The van der Waals surface area contributed by atoms with Crippen LogP contribution in [0.1, 0.15) is 31.4 Å². The molecule has 0 bridgehead atoms. The van der Waals surface area contributed by atoms with Crippen LogP contribution in [0.2, 0.25) is 0 Å². The van der Waals surface area contributed by atoms with Crippen molar-refractivity contribution in [2.24, 2.45) is 11.7 Å². The fourth-order valence-corrected chi connectivity index (χ4v) is 2.58. The summed E-state index contributed by atoms with van der Waals surface area (Å²) in [7, 11) is 0. The first-order valence-corrected chi connectivity index (χ1v) is 6.60. The maximum atomic E-state index is 5.83. The Balaban J connectivity index is 2.20. The van der Waals surface area contributed by atoms with Crippen molar-refractivity contribution >= 4 is 0 Å². The van der Waals surface area contributed by atoms with Crippen molar-refractivity contribution in [3.63, 3.8) is 0 Å². The molecule has 17 heavy (non-hydrogen) atoms. The van der Waals surface area contributed by atoms with Gasteiger partial charge >= 0.3 is 0 Å². The van der Waals surface area contributed by atoms with E-state index < -0.39 is 0 Å². The average Bonchev–Trinajstić information content (AvgIpc) is 2.30. The molecule has 0 radical (unpaired) electrons. The second-order valence-corrected chi connectivity index (χ2v) is 5.23. The summed E-state index contributed by atoms with van der Waals surface area (Å²) in [6.45, 7) is 6.80. The van der Waals surface area contributed by atoms with Crippen LogP contribution in [0.15, 0.2) is 24.3 Å². The first kappa shape index (κ1) is 12.6. The van der Waals surface area contributed by atoms with Crippen molar-refractivity contribution in [2.75, 3.05) is 19.8 Å². The number of ether oxygens (including phenoxy) is 1. The maximum Gasteiger partial charge on any atom is 0.0588 e. The van der Waals surface area contributed by atoms with E-state index >= 15 is 0 Å². The minimum atomic E-state index is 0.166. The highest BCUT2D eigenvalue weighted by molar-refractivity contribution is 5.32. The molecule has 1 atom stereocenters. The summed E-state index contributed by atoms with van der Waals surface area (Å²) in [6, 6.07) is 9.03. The van der Waals surface area contributed by atoms with Gasteiger partial charge in [0.05, 0.1) is 13.2 Å². The smallest absolute Gasteiger partial charge is 0.0588 e. The number of benzene rings is 1. The maximum absolute atomic E-state index is 5.83. The second kappa shape index (κ2) is 5.19. The molecule has 0 aromatic heterocycles. The topological polar surface area (TPSA) is 35.2 Å². The van der Waals surface area contributed by atoms with Crippen molar-refractivity contribution in [1.29, 1.82) is 0 Å². The quantitative estimate of drug-likeness (QED) is 0.848. The summed E-state index contributed by atoms with van der Waals surface area (Å²) >= 11 is 0. The molecule has 0 amide bonds. The zero-order valence-electron chi connectivity index (χ0n) is 10.9. The van der Waals surface area contributed by atoms with Gasteiger partial charge in [-0.15, -0.1) is 0 Å². The predicted molar refractivity (Wildman–Crippen MR) is 71.2 cm³/mol. The van der Waals surface area contributed by atoms with Crippen molar-refractivity contribution in [3.05, 3.63) is 35.4 Å². The first-order chi connectivity index (χ1) is 8.23. The standard InChI is InChI=1S/C15H23NO/c1-3-4-13-5-7-14(8-6-13)15(10-17-11-15)12(2)9-16/h5-8,12H,3-4,9-11,16H2,1-2H3. The number of aryl methyl sites for hydroxylation is 1. The Morgan fingerprint density at radius 2 is 1.94 bits per heavy atom. The lowest BCUT2D eigenvalue weighted by atomic mass is 9.69. The van der Waals surface area contributed by atoms with Crippen molar-refractivity contribution in [2.45, 2.75) is 32.1 Å². The molecule has 0 aliphatic carbocycles. The van der Waals surface area contributed by atoms with E-state index in [1.54, 1.807) is 0 Å². The van der Waals surface area contributed by atoms with Gasteiger partial charge in [-0.1, -0.05) is 44.5 Å². The van der Waals surface area contributed by atoms with Gasteiger partial charge in [-0.2, -0.15) is 0 Å². The lowest BCUT2D eigenvalue weighted by Gasteiger charge is -2.46. The van der Waals surface area contributed by atoms with Crippen LogP contribution >= 0.6 is 0 Å². The fraction of sp³-hybridized carbons (Fsp3) is 0.600. The van der Waals surface area contributed by atoms with Gasteiger partial charge in [0, 0.05) is 5.41 Å². The van der Waals surface area contributed by atoms with Crippen molar-refractivity contribution in [3.8, 4) is 0 Å². The van der Waals surface area contributed by atoms with Gasteiger partial charge in [0.25, 0.3) is 0 Å². The molecule has 1 aliphatic heterocycles. The molecular weight excluding hydrogens is 210 g/mol. The summed E-state index contributed by atoms with van der Waals surface area (Å²) in [5.41, 5.74) is 8.81. The minimum Gasteiger partial charge on any atom is -0.379 e. The summed E-state index contributed by atoms with van der Waals surface area (Å²) in [4.78, 5) is 0. The van der Waals surface area contributed by atoms with Gasteiger partial charge in [-0.05, 0) is 30.0 Å². The molecule has 1 saturated heterocycles. The van der Waals surface area contributed by atoms with E-state index in [0.717, 1.165) is 26.2 Å². The normalized spacial score (nSPS) is 19.7. The molecule has 1 fully saturated rings. The third-order valence-electron chi connectivity index (χ3n) is 4.08. The zero-order valence-corrected chi connectivity index (χ0v) is 10.9. The van der Waals surface area contributed by atoms with Crippen LogP contribution in [0.5, 0.6) is 0 Å². The van der Waals surface area contributed by atoms with Crippen LogP contribution in [0.25, 0.3) is 0 Å². The number of rotatable bonds is 5. The molecule has 0 spiro atoms. The molecule has 94 valence electrons. The molecule has 1 aromatic rings. The summed E-state index contributed by atoms with van der Waals surface area (Å²) < 4.78 is 5.44. The Bertz CT molecular complexity index is 354. The SMILES string of the molecule is CCCc1ccc(C2(C(C)CN)COC2)cc1. The summed E-state index contributed by atoms with van der Waals surface area (Å²) in [5, 5.41) is 0. The molecule has 0 saturated carbocycles. The highest BCUT2D eigenvalue weighted by Crippen LogP contribution is 2.39. The molecule has 2 nitrogen and oxygen atoms in total. The van der Waals surface area contributed by atoms with Gasteiger partial charge < -0.3 is 10.5 Å². The van der Waals surface area contributed by atoms with E-state index in [1.165, 1.54) is 17.5 Å². The lowest BCUT2D eigenvalue weighted by molar-refractivity contribution is -0.0854. The third-order valence-corrected chi connectivity index (χ3v) is 4.08. The van der Waals surface area contributed by atoms with Crippen LogP contribution in [0, 0.1) is 5.92 Å². The number of nitrogens with two attached hydrogens (primary N) is 1. The van der Waals surface area contributed by atoms with Gasteiger partial charge in [-0.3, -0.25) is 0 Å². The summed E-state index contributed by atoms with van der Waals surface area (Å²) in [6.07, 6.45) is 2.36. The Hall–Kier alpha value is -0.860. The molecule has 2 heteroatoms. The van der Waals surface area contributed by atoms with Crippen LogP contribution in [0.3, 0.4) is 0 Å². The Labute approximate surface area is 104 Å². The highest BCUT2D eigenvalue weighted by atomic mass is 16.5. The van der Waals surface area contributed by atoms with Crippen molar-refractivity contribution in [1.82, 2.24) is 0 Å². The van der Waals surface area contributed by atoms with Crippen LogP contribution in [-0.2, 0) is 16.6 Å².